The van der Waals surface area contributed by atoms with Gasteiger partial charge in [0.1, 0.15) is 0 Å². The predicted octanol–water partition coefficient (Wildman–Crippen LogP) is 2.99. The van der Waals surface area contributed by atoms with E-state index in [2.05, 4.69) is 37.9 Å². The molecule has 0 saturated carbocycles. The molecule has 1 rings (SSSR count). The minimum Gasteiger partial charge on any atom is -0.316 e. The van der Waals surface area contributed by atoms with Gasteiger partial charge in [-0.1, -0.05) is 34.1 Å². The molecule has 1 atom stereocenters. The molecule has 0 spiro atoms. The first-order valence-electron chi connectivity index (χ1n) is 7.54. The Labute approximate surface area is 108 Å². The van der Waals surface area contributed by atoms with Gasteiger partial charge < -0.3 is 10.2 Å². The van der Waals surface area contributed by atoms with Crippen LogP contribution < -0.4 is 5.32 Å². The zero-order valence-corrected chi connectivity index (χ0v) is 12.3. The summed E-state index contributed by atoms with van der Waals surface area (Å²) in [6.07, 6.45) is 4.21. The van der Waals surface area contributed by atoms with Crippen LogP contribution in [-0.2, 0) is 0 Å². The van der Waals surface area contributed by atoms with Crippen molar-refractivity contribution in [3.05, 3.63) is 0 Å². The quantitative estimate of drug-likeness (QED) is 0.736. The van der Waals surface area contributed by atoms with E-state index < -0.39 is 0 Å². The zero-order valence-electron chi connectivity index (χ0n) is 12.3. The molecule has 102 valence electrons. The molecule has 1 aliphatic heterocycles. The van der Waals surface area contributed by atoms with E-state index in [0.29, 0.717) is 0 Å². The maximum absolute atomic E-state index is 3.57. The highest BCUT2D eigenvalue weighted by Crippen LogP contribution is 2.20. The molecule has 1 unspecified atom stereocenters. The summed E-state index contributed by atoms with van der Waals surface area (Å²) in [6.45, 7) is 15.5. The molecule has 0 aromatic rings. The first-order valence-corrected chi connectivity index (χ1v) is 7.54. The van der Waals surface area contributed by atoms with Crippen LogP contribution in [0, 0.1) is 17.8 Å². The van der Waals surface area contributed by atoms with Crippen LogP contribution in [0.25, 0.3) is 0 Å². The molecule has 0 bridgehead atoms. The number of hydrogen-bond acceptors (Lipinski definition) is 2. The van der Waals surface area contributed by atoms with Crippen molar-refractivity contribution in [1.29, 1.82) is 0 Å². The number of hydrogen-bond donors (Lipinski definition) is 1. The van der Waals surface area contributed by atoms with Crippen LogP contribution >= 0.6 is 0 Å². The average molecular weight is 240 g/mol. The lowest BCUT2D eigenvalue weighted by molar-refractivity contribution is 0.161. The average Bonchev–Trinajstić information content (AvgIpc) is 2.29. The third kappa shape index (κ3) is 6.42. The summed E-state index contributed by atoms with van der Waals surface area (Å²) >= 11 is 0. The van der Waals surface area contributed by atoms with Gasteiger partial charge in [0.25, 0.3) is 0 Å². The van der Waals surface area contributed by atoms with Crippen LogP contribution in [0.4, 0.5) is 0 Å². The van der Waals surface area contributed by atoms with Crippen molar-refractivity contribution in [3.63, 3.8) is 0 Å². The maximum atomic E-state index is 3.57. The fourth-order valence-corrected chi connectivity index (χ4v) is 2.70. The first kappa shape index (κ1) is 15.0. The Morgan fingerprint density at radius 2 is 1.76 bits per heavy atom. The first-order chi connectivity index (χ1) is 8.11. The summed E-state index contributed by atoms with van der Waals surface area (Å²) in [6, 6.07) is 0. The van der Waals surface area contributed by atoms with E-state index in [1.165, 1.54) is 45.4 Å². The van der Waals surface area contributed by atoms with Gasteiger partial charge in [0.05, 0.1) is 0 Å². The fourth-order valence-electron chi connectivity index (χ4n) is 2.70. The number of rotatable bonds is 7. The Morgan fingerprint density at radius 1 is 1.12 bits per heavy atom. The van der Waals surface area contributed by atoms with Crippen molar-refractivity contribution in [2.45, 2.75) is 47.0 Å². The van der Waals surface area contributed by atoms with Gasteiger partial charge in [-0.15, -0.1) is 0 Å². The maximum Gasteiger partial charge on any atom is 0.00191 e. The van der Waals surface area contributed by atoms with Crippen LogP contribution in [0.3, 0.4) is 0 Å². The van der Waals surface area contributed by atoms with Crippen molar-refractivity contribution in [1.82, 2.24) is 10.2 Å². The van der Waals surface area contributed by atoms with Crippen molar-refractivity contribution < 1.29 is 0 Å². The van der Waals surface area contributed by atoms with Gasteiger partial charge in [0.15, 0.2) is 0 Å². The molecule has 1 heterocycles. The molecule has 0 radical (unpaired) electrons. The van der Waals surface area contributed by atoms with E-state index in [0.717, 1.165) is 24.3 Å². The highest BCUT2D eigenvalue weighted by molar-refractivity contribution is 4.73. The molecule has 2 nitrogen and oxygen atoms in total. The molecule has 1 N–H and O–H groups in total. The van der Waals surface area contributed by atoms with Gasteiger partial charge in [0.2, 0.25) is 0 Å². The minimum absolute atomic E-state index is 0.766. The Hall–Kier alpha value is -0.0800. The van der Waals surface area contributed by atoms with E-state index in [4.69, 9.17) is 0 Å². The highest BCUT2D eigenvalue weighted by Gasteiger charge is 2.18. The lowest BCUT2D eigenvalue weighted by Gasteiger charge is -2.33. The molecule has 17 heavy (non-hydrogen) atoms. The molecule has 1 saturated heterocycles. The van der Waals surface area contributed by atoms with Gasteiger partial charge in [-0.3, -0.25) is 0 Å². The third-order valence-electron chi connectivity index (χ3n) is 3.90. The summed E-state index contributed by atoms with van der Waals surface area (Å²) < 4.78 is 0. The van der Waals surface area contributed by atoms with E-state index in [1.807, 2.05) is 0 Å². The molecular weight excluding hydrogens is 208 g/mol. The number of piperidine rings is 1. The topological polar surface area (TPSA) is 15.3 Å². The van der Waals surface area contributed by atoms with Gasteiger partial charge in [0, 0.05) is 6.54 Å². The molecule has 1 fully saturated rings. The largest absolute Gasteiger partial charge is 0.316 e. The third-order valence-corrected chi connectivity index (χ3v) is 3.90. The van der Waals surface area contributed by atoms with Gasteiger partial charge in [-0.25, -0.2) is 0 Å². The molecule has 0 aromatic carbocycles. The summed E-state index contributed by atoms with van der Waals surface area (Å²) in [5, 5.41) is 3.57. The lowest BCUT2D eigenvalue weighted by atomic mass is 9.94. The molecular formula is C15H32N2. The minimum atomic E-state index is 0.766. The molecule has 1 aliphatic rings. The SMILES string of the molecule is CCC1CCN(CC(C)CNCC(C)C)CC1. The van der Waals surface area contributed by atoms with Gasteiger partial charge in [-0.2, -0.15) is 0 Å². The second-order valence-corrected chi connectivity index (χ2v) is 6.31. The van der Waals surface area contributed by atoms with E-state index in [-0.39, 0.29) is 0 Å². The van der Waals surface area contributed by atoms with Crippen LogP contribution in [0.2, 0.25) is 0 Å². The summed E-state index contributed by atoms with van der Waals surface area (Å²) in [4.78, 5) is 2.66. The molecule has 2 heteroatoms. The van der Waals surface area contributed by atoms with Crippen LogP contribution in [0.15, 0.2) is 0 Å². The Bertz CT molecular complexity index is 183. The van der Waals surface area contributed by atoms with E-state index in [9.17, 15) is 0 Å². The van der Waals surface area contributed by atoms with Crippen molar-refractivity contribution in [3.8, 4) is 0 Å². The Kier molecular flexibility index (Phi) is 7.14. The predicted molar refractivity (Wildman–Crippen MR) is 76.3 cm³/mol. The number of nitrogens with zero attached hydrogens (tertiary/aromatic N) is 1. The molecule has 0 amide bonds. The second kappa shape index (κ2) is 8.10. The number of likely N-dealkylation sites (tertiary alicyclic amines) is 1. The standard InChI is InChI=1S/C15H32N2/c1-5-15-6-8-17(9-7-15)12-14(4)11-16-10-13(2)3/h13-16H,5-12H2,1-4H3. The zero-order chi connectivity index (χ0) is 12.7. The smallest absolute Gasteiger partial charge is 0.00191 e. The monoisotopic (exact) mass is 240 g/mol. The van der Waals surface area contributed by atoms with E-state index in [1.54, 1.807) is 0 Å². The summed E-state index contributed by atoms with van der Waals surface area (Å²) in [7, 11) is 0. The van der Waals surface area contributed by atoms with Crippen LogP contribution in [-0.4, -0.2) is 37.6 Å². The van der Waals surface area contributed by atoms with Crippen molar-refractivity contribution in [2.75, 3.05) is 32.7 Å². The molecule has 0 aliphatic carbocycles. The highest BCUT2D eigenvalue weighted by atomic mass is 15.1. The second-order valence-electron chi connectivity index (χ2n) is 6.31. The van der Waals surface area contributed by atoms with Crippen molar-refractivity contribution in [2.24, 2.45) is 17.8 Å². The Morgan fingerprint density at radius 3 is 2.29 bits per heavy atom. The normalized spacial score (nSPS) is 21.0. The van der Waals surface area contributed by atoms with Gasteiger partial charge >= 0.3 is 0 Å². The van der Waals surface area contributed by atoms with Crippen LogP contribution in [0.5, 0.6) is 0 Å². The van der Waals surface area contributed by atoms with Gasteiger partial charge in [-0.05, 0) is 56.8 Å². The fraction of sp³-hybridized carbons (Fsp3) is 1.00. The lowest BCUT2D eigenvalue weighted by Crippen LogP contribution is -2.39. The molecule has 0 aromatic heterocycles. The number of nitrogens with one attached hydrogen (secondary N) is 1. The summed E-state index contributed by atoms with van der Waals surface area (Å²) in [5.74, 6) is 2.55. The summed E-state index contributed by atoms with van der Waals surface area (Å²) in [5.41, 5.74) is 0. The van der Waals surface area contributed by atoms with E-state index >= 15 is 0 Å². The Balaban J connectivity index is 2.08. The van der Waals surface area contributed by atoms with Crippen LogP contribution in [0.1, 0.15) is 47.0 Å². The van der Waals surface area contributed by atoms with Crippen molar-refractivity contribution >= 4 is 0 Å².